The molecule has 0 saturated carbocycles. The van der Waals surface area contributed by atoms with Crippen LogP contribution in [0, 0.1) is 6.92 Å². The molecular formula is C4H7N3O2S. The molecule has 0 aliphatic rings. The topological polar surface area (TPSA) is 81.0 Å². The van der Waals surface area contributed by atoms with Crippen molar-refractivity contribution in [2.24, 2.45) is 5.90 Å². The molecule has 1 unspecified atom stereocenters. The lowest BCUT2D eigenvalue weighted by Gasteiger charge is -1.92. The second kappa shape index (κ2) is 2.91. The SMILES string of the molecule is Cc1cn[nH]c1S(=O)ON. The molecule has 0 aliphatic heterocycles. The van der Waals surface area contributed by atoms with Crippen molar-refractivity contribution in [2.45, 2.75) is 11.9 Å². The van der Waals surface area contributed by atoms with Gasteiger partial charge in [0.1, 0.15) is 0 Å². The number of aromatic amines is 1. The molecule has 1 aromatic heterocycles. The first kappa shape index (κ1) is 7.39. The van der Waals surface area contributed by atoms with E-state index in [0.717, 1.165) is 5.56 Å². The van der Waals surface area contributed by atoms with Gasteiger partial charge in [-0.1, -0.05) is 0 Å². The molecule has 1 rings (SSSR count). The average molecular weight is 161 g/mol. The smallest absolute Gasteiger partial charge is 0.225 e. The van der Waals surface area contributed by atoms with E-state index >= 15 is 0 Å². The first-order chi connectivity index (χ1) is 4.75. The summed E-state index contributed by atoms with van der Waals surface area (Å²) in [6, 6.07) is 0. The van der Waals surface area contributed by atoms with E-state index in [4.69, 9.17) is 0 Å². The maximum atomic E-state index is 10.8. The van der Waals surface area contributed by atoms with E-state index in [2.05, 4.69) is 20.4 Å². The van der Waals surface area contributed by atoms with Crippen molar-refractivity contribution < 1.29 is 8.49 Å². The largest absolute Gasteiger partial charge is 0.267 e. The number of nitrogens with one attached hydrogen (secondary N) is 1. The summed E-state index contributed by atoms with van der Waals surface area (Å²) in [4.78, 5) is 0. The Labute approximate surface area is 60.2 Å². The second-order valence-corrected chi connectivity index (χ2v) is 2.78. The third-order valence-electron chi connectivity index (χ3n) is 1.04. The monoisotopic (exact) mass is 161 g/mol. The van der Waals surface area contributed by atoms with Crippen LogP contribution in [0.2, 0.25) is 0 Å². The lowest BCUT2D eigenvalue weighted by molar-refractivity contribution is 0.365. The first-order valence-corrected chi connectivity index (χ1v) is 3.62. The van der Waals surface area contributed by atoms with Crippen LogP contribution >= 0.6 is 0 Å². The predicted molar refractivity (Wildman–Crippen MR) is 35.0 cm³/mol. The van der Waals surface area contributed by atoms with Crippen LogP contribution < -0.4 is 5.90 Å². The van der Waals surface area contributed by atoms with Crippen molar-refractivity contribution in [2.75, 3.05) is 0 Å². The van der Waals surface area contributed by atoms with E-state index in [0.29, 0.717) is 5.03 Å². The number of hydrogen-bond donors (Lipinski definition) is 2. The molecule has 0 radical (unpaired) electrons. The standard InChI is InChI=1S/C4H7N3O2S/c1-3-2-6-7-4(3)10(8)9-5/h2H,5H2,1H3,(H,6,7). The lowest BCUT2D eigenvalue weighted by Crippen LogP contribution is -2.04. The fourth-order valence-corrected chi connectivity index (χ4v) is 1.09. The lowest BCUT2D eigenvalue weighted by atomic mass is 10.4. The molecule has 0 fully saturated rings. The third kappa shape index (κ3) is 1.23. The molecule has 0 saturated heterocycles. The van der Waals surface area contributed by atoms with Crippen molar-refractivity contribution in [1.82, 2.24) is 10.2 Å². The van der Waals surface area contributed by atoms with Gasteiger partial charge in [0.25, 0.3) is 0 Å². The maximum absolute atomic E-state index is 10.8. The van der Waals surface area contributed by atoms with E-state index in [1.54, 1.807) is 13.1 Å². The molecule has 5 nitrogen and oxygen atoms in total. The minimum absolute atomic E-state index is 0.405. The predicted octanol–water partition coefficient (Wildman–Crippen LogP) is -0.369. The fraction of sp³-hybridized carbons (Fsp3) is 0.250. The molecule has 0 spiro atoms. The highest BCUT2D eigenvalue weighted by molar-refractivity contribution is 7.80. The van der Waals surface area contributed by atoms with Gasteiger partial charge in [-0.3, -0.25) is 5.10 Å². The van der Waals surface area contributed by atoms with Gasteiger partial charge in [-0.25, -0.2) is 4.21 Å². The van der Waals surface area contributed by atoms with E-state index in [9.17, 15) is 4.21 Å². The molecular weight excluding hydrogens is 154 g/mol. The van der Waals surface area contributed by atoms with Gasteiger partial charge >= 0.3 is 0 Å². The van der Waals surface area contributed by atoms with Crippen LogP contribution in [0.4, 0.5) is 0 Å². The molecule has 0 amide bonds. The van der Waals surface area contributed by atoms with Crippen LogP contribution in [0.3, 0.4) is 0 Å². The molecule has 0 bridgehead atoms. The summed E-state index contributed by atoms with van der Waals surface area (Å²) < 4.78 is 14.9. The molecule has 3 N–H and O–H groups in total. The Morgan fingerprint density at radius 3 is 3.00 bits per heavy atom. The molecule has 6 heteroatoms. The van der Waals surface area contributed by atoms with Gasteiger partial charge in [0.15, 0.2) is 5.03 Å². The summed E-state index contributed by atoms with van der Waals surface area (Å²) >= 11 is -1.61. The maximum Gasteiger partial charge on any atom is 0.225 e. The Kier molecular flexibility index (Phi) is 2.15. The number of hydrogen-bond acceptors (Lipinski definition) is 4. The molecule has 1 aromatic rings. The fourth-order valence-electron chi connectivity index (χ4n) is 0.551. The molecule has 1 heterocycles. The third-order valence-corrected chi connectivity index (χ3v) is 1.96. The number of nitrogens with zero attached hydrogens (tertiary/aromatic N) is 1. The van der Waals surface area contributed by atoms with Crippen molar-refractivity contribution >= 4 is 11.1 Å². The quantitative estimate of drug-likeness (QED) is 0.580. The van der Waals surface area contributed by atoms with Gasteiger partial charge in [-0.2, -0.15) is 15.3 Å². The highest BCUT2D eigenvalue weighted by Gasteiger charge is 2.07. The van der Waals surface area contributed by atoms with E-state index in [1.165, 1.54) is 0 Å². The minimum Gasteiger partial charge on any atom is -0.267 e. The minimum atomic E-state index is -1.61. The summed E-state index contributed by atoms with van der Waals surface area (Å²) in [7, 11) is 0. The van der Waals surface area contributed by atoms with Crippen LogP contribution in [0.5, 0.6) is 0 Å². The van der Waals surface area contributed by atoms with Crippen LogP contribution in [-0.4, -0.2) is 14.4 Å². The van der Waals surface area contributed by atoms with Gasteiger partial charge in [0.05, 0.1) is 6.20 Å². The number of aryl methyl sites for hydroxylation is 1. The Balaban J connectivity index is 2.93. The van der Waals surface area contributed by atoms with Gasteiger partial charge in [0.2, 0.25) is 11.1 Å². The zero-order valence-electron chi connectivity index (χ0n) is 5.33. The second-order valence-electron chi connectivity index (χ2n) is 1.71. The van der Waals surface area contributed by atoms with Gasteiger partial charge in [-0.05, 0) is 6.92 Å². The summed E-state index contributed by atoms with van der Waals surface area (Å²) in [6.45, 7) is 1.76. The highest BCUT2D eigenvalue weighted by atomic mass is 32.2. The van der Waals surface area contributed by atoms with Crippen LogP contribution in [0.15, 0.2) is 11.2 Å². The Morgan fingerprint density at radius 1 is 1.90 bits per heavy atom. The highest BCUT2D eigenvalue weighted by Crippen LogP contribution is 2.06. The van der Waals surface area contributed by atoms with Gasteiger partial charge in [-0.15, -0.1) is 0 Å². The van der Waals surface area contributed by atoms with Crippen LogP contribution in [0.1, 0.15) is 5.56 Å². The summed E-state index contributed by atoms with van der Waals surface area (Å²) in [6.07, 6.45) is 1.55. The molecule has 1 atom stereocenters. The molecule has 0 aromatic carbocycles. The van der Waals surface area contributed by atoms with Crippen molar-refractivity contribution in [3.63, 3.8) is 0 Å². The summed E-state index contributed by atoms with van der Waals surface area (Å²) in [5.74, 6) is 4.68. The first-order valence-electron chi connectivity index (χ1n) is 2.54. The summed E-state index contributed by atoms with van der Waals surface area (Å²) in [5, 5.41) is 6.54. The zero-order chi connectivity index (χ0) is 7.56. The van der Waals surface area contributed by atoms with E-state index in [1.807, 2.05) is 0 Å². The molecule has 0 aliphatic carbocycles. The van der Waals surface area contributed by atoms with Crippen molar-refractivity contribution in [3.05, 3.63) is 11.8 Å². The number of rotatable bonds is 2. The Morgan fingerprint density at radius 2 is 2.60 bits per heavy atom. The van der Waals surface area contributed by atoms with Crippen molar-refractivity contribution in [3.8, 4) is 0 Å². The van der Waals surface area contributed by atoms with E-state index in [-0.39, 0.29) is 0 Å². The number of H-pyrrole nitrogens is 1. The van der Waals surface area contributed by atoms with Crippen LogP contribution in [-0.2, 0) is 15.4 Å². The zero-order valence-corrected chi connectivity index (χ0v) is 6.14. The molecule has 10 heavy (non-hydrogen) atoms. The normalized spacial score (nSPS) is 13.4. The average Bonchev–Trinajstić information content (AvgIpc) is 2.34. The van der Waals surface area contributed by atoms with Crippen LogP contribution in [0.25, 0.3) is 0 Å². The number of aromatic nitrogens is 2. The van der Waals surface area contributed by atoms with Gasteiger partial charge < -0.3 is 0 Å². The van der Waals surface area contributed by atoms with Gasteiger partial charge in [0, 0.05) is 5.56 Å². The Hall–Kier alpha value is -0.720. The number of nitrogens with two attached hydrogens (primary N) is 1. The Bertz CT molecular complexity index is 246. The summed E-state index contributed by atoms with van der Waals surface area (Å²) in [5.41, 5.74) is 0.767. The molecule has 56 valence electrons. The van der Waals surface area contributed by atoms with Crippen molar-refractivity contribution in [1.29, 1.82) is 0 Å². The van der Waals surface area contributed by atoms with E-state index < -0.39 is 11.1 Å².